The van der Waals surface area contributed by atoms with Gasteiger partial charge < -0.3 is 19.7 Å². The number of carbonyl (C=O) groups excluding carboxylic acids is 2. The van der Waals surface area contributed by atoms with Crippen LogP contribution in [0.1, 0.15) is 6.42 Å². The summed E-state index contributed by atoms with van der Waals surface area (Å²) in [6.07, 6.45) is 0.747. The smallest absolute Gasteiger partial charge is 0.260 e. The van der Waals surface area contributed by atoms with Crippen molar-refractivity contribution >= 4 is 11.8 Å². The average molecular weight is 294 g/mol. The molecule has 0 heterocycles. The van der Waals surface area contributed by atoms with Crippen LogP contribution in [0.3, 0.4) is 0 Å². The first-order valence-corrected chi connectivity index (χ1v) is 6.81. The maximum absolute atomic E-state index is 11.8. The van der Waals surface area contributed by atoms with E-state index >= 15 is 0 Å². The van der Waals surface area contributed by atoms with Crippen molar-refractivity contribution in [2.24, 2.45) is 0 Å². The lowest BCUT2D eigenvalue weighted by molar-refractivity contribution is -0.136. The topological polar surface area (TPSA) is 67.9 Å². The third kappa shape index (κ3) is 7.31. The van der Waals surface area contributed by atoms with Crippen molar-refractivity contribution in [3.05, 3.63) is 30.3 Å². The minimum atomic E-state index is -0.245. The SMILES string of the molecule is COCCCNC(=O)CN(C)C(=O)COc1ccccc1. The summed E-state index contributed by atoms with van der Waals surface area (Å²) in [5.41, 5.74) is 0. The van der Waals surface area contributed by atoms with Gasteiger partial charge in [-0.15, -0.1) is 0 Å². The Morgan fingerprint density at radius 2 is 1.95 bits per heavy atom. The Labute approximate surface area is 125 Å². The Bertz CT molecular complexity index is 437. The van der Waals surface area contributed by atoms with Crippen molar-refractivity contribution in [2.75, 3.05) is 40.5 Å². The molecule has 0 fully saturated rings. The van der Waals surface area contributed by atoms with E-state index in [-0.39, 0.29) is 25.0 Å². The summed E-state index contributed by atoms with van der Waals surface area (Å²) in [4.78, 5) is 24.8. The van der Waals surface area contributed by atoms with Gasteiger partial charge in [-0.3, -0.25) is 9.59 Å². The Balaban J connectivity index is 2.22. The molecular formula is C15H22N2O4. The first kappa shape index (κ1) is 17.0. The number of nitrogens with one attached hydrogen (secondary N) is 1. The number of amides is 2. The zero-order valence-electron chi connectivity index (χ0n) is 12.5. The van der Waals surface area contributed by atoms with Crippen LogP contribution in [-0.4, -0.2) is 57.2 Å². The van der Waals surface area contributed by atoms with E-state index in [1.54, 1.807) is 26.3 Å². The number of para-hydroxylation sites is 1. The highest BCUT2D eigenvalue weighted by atomic mass is 16.5. The number of likely N-dealkylation sites (N-methyl/N-ethyl adjacent to an activating group) is 1. The predicted molar refractivity (Wildman–Crippen MR) is 79.1 cm³/mol. The van der Waals surface area contributed by atoms with Crippen molar-refractivity contribution in [3.63, 3.8) is 0 Å². The predicted octanol–water partition coefficient (Wildman–Crippen LogP) is 0.677. The fraction of sp³-hybridized carbons (Fsp3) is 0.467. The zero-order chi connectivity index (χ0) is 15.5. The molecule has 0 unspecified atom stereocenters. The van der Waals surface area contributed by atoms with Crippen LogP contribution in [0.25, 0.3) is 0 Å². The second-order valence-corrected chi connectivity index (χ2v) is 4.55. The first-order valence-electron chi connectivity index (χ1n) is 6.81. The summed E-state index contributed by atoms with van der Waals surface area (Å²) in [6, 6.07) is 9.08. The van der Waals surface area contributed by atoms with E-state index < -0.39 is 0 Å². The van der Waals surface area contributed by atoms with Crippen LogP contribution in [0.4, 0.5) is 0 Å². The lowest BCUT2D eigenvalue weighted by Crippen LogP contribution is -2.40. The fourth-order valence-electron chi connectivity index (χ4n) is 1.58. The molecule has 116 valence electrons. The van der Waals surface area contributed by atoms with Crippen molar-refractivity contribution in [1.29, 1.82) is 0 Å². The van der Waals surface area contributed by atoms with Crippen LogP contribution in [0.5, 0.6) is 5.75 Å². The van der Waals surface area contributed by atoms with Gasteiger partial charge in [0.15, 0.2) is 6.61 Å². The maximum Gasteiger partial charge on any atom is 0.260 e. The van der Waals surface area contributed by atoms with Gasteiger partial charge >= 0.3 is 0 Å². The van der Waals surface area contributed by atoms with Crippen molar-refractivity contribution in [3.8, 4) is 5.75 Å². The number of hydrogen-bond acceptors (Lipinski definition) is 4. The van der Waals surface area contributed by atoms with E-state index in [9.17, 15) is 9.59 Å². The lowest BCUT2D eigenvalue weighted by Gasteiger charge is -2.17. The van der Waals surface area contributed by atoms with Gasteiger partial charge in [-0.1, -0.05) is 18.2 Å². The Hall–Kier alpha value is -2.08. The molecular weight excluding hydrogens is 272 g/mol. The second-order valence-electron chi connectivity index (χ2n) is 4.55. The standard InChI is InChI=1S/C15H22N2O4/c1-17(11-14(18)16-9-6-10-20-2)15(19)12-21-13-7-4-3-5-8-13/h3-5,7-8H,6,9-12H2,1-2H3,(H,16,18). The summed E-state index contributed by atoms with van der Waals surface area (Å²) in [5.74, 6) is 0.191. The maximum atomic E-state index is 11.8. The molecule has 1 N–H and O–H groups in total. The van der Waals surface area contributed by atoms with Gasteiger partial charge in [-0.05, 0) is 18.6 Å². The zero-order valence-corrected chi connectivity index (χ0v) is 12.5. The summed E-state index contributed by atoms with van der Waals surface area (Å²) in [5, 5.41) is 2.72. The molecule has 1 aromatic carbocycles. The van der Waals surface area contributed by atoms with E-state index in [1.165, 1.54) is 4.90 Å². The van der Waals surface area contributed by atoms with Crippen LogP contribution in [-0.2, 0) is 14.3 Å². The quantitative estimate of drug-likeness (QED) is 0.680. The molecule has 1 aromatic rings. The molecule has 2 amide bonds. The number of nitrogens with zero attached hydrogens (tertiary/aromatic N) is 1. The minimum Gasteiger partial charge on any atom is -0.484 e. The summed E-state index contributed by atoms with van der Waals surface area (Å²) in [6.45, 7) is 1.07. The van der Waals surface area contributed by atoms with Crippen LogP contribution in [0, 0.1) is 0 Å². The van der Waals surface area contributed by atoms with E-state index in [0.717, 1.165) is 6.42 Å². The summed E-state index contributed by atoms with van der Waals surface area (Å²) >= 11 is 0. The highest BCUT2D eigenvalue weighted by Crippen LogP contribution is 2.07. The van der Waals surface area contributed by atoms with Crippen molar-refractivity contribution < 1.29 is 19.1 Å². The van der Waals surface area contributed by atoms with Gasteiger partial charge in [0.1, 0.15) is 5.75 Å². The minimum absolute atomic E-state index is 0.0178. The van der Waals surface area contributed by atoms with Gasteiger partial charge in [0.25, 0.3) is 5.91 Å². The Kier molecular flexibility index (Phi) is 7.89. The van der Waals surface area contributed by atoms with Gasteiger partial charge in [0.2, 0.25) is 5.91 Å². The van der Waals surface area contributed by atoms with E-state index in [0.29, 0.717) is 18.9 Å². The Morgan fingerprint density at radius 1 is 1.24 bits per heavy atom. The molecule has 6 nitrogen and oxygen atoms in total. The molecule has 0 bridgehead atoms. The van der Waals surface area contributed by atoms with Crippen LogP contribution < -0.4 is 10.1 Å². The number of ether oxygens (including phenoxy) is 2. The molecule has 0 saturated carbocycles. The molecule has 0 aromatic heterocycles. The lowest BCUT2D eigenvalue weighted by atomic mass is 10.3. The van der Waals surface area contributed by atoms with Crippen LogP contribution >= 0.6 is 0 Å². The normalized spacial score (nSPS) is 10.0. The molecule has 0 aliphatic rings. The molecule has 0 saturated heterocycles. The van der Waals surface area contributed by atoms with Crippen molar-refractivity contribution in [1.82, 2.24) is 10.2 Å². The van der Waals surface area contributed by atoms with E-state index in [1.807, 2.05) is 18.2 Å². The van der Waals surface area contributed by atoms with Gasteiger partial charge in [0, 0.05) is 27.3 Å². The molecule has 0 aliphatic carbocycles. The molecule has 6 heteroatoms. The molecule has 21 heavy (non-hydrogen) atoms. The third-order valence-corrected chi connectivity index (χ3v) is 2.76. The monoisotopic (exact) mass is 294 g/mol. The highest BCUT2D eigenvalue weighted by Gasteiger charge is 2.13. The molecule has 0 radical (unpaired) electrons. The molecule has 0 atom stereocenters. The number of rotatable bonds is 9. The Morgan fingerprint density at radius 3 is 2.62 bits per heavy atom. The molecule has 1 rings (SSSR count). The molecule has 0 spiro atoms. The van der Waals surface area contributed by atoms with Gasteiger partial charge in [-0.2, -0.15) is 0 Å². The van der Waals surface area contributed by atoms with E-state index in [2.05, 4.69) is 5.32 Å². The molecule has 0 aliphatic heterocycles. The van der Waals surface area contributed by atoms with Crippen LogP contribution in [0.15, 0.2) is 30.3 Å². The number of carbonyl (C=O) groups is 2. The van der Waals surface area contributed by atoms with Gasteiger partial charge in [0.05, 0.1) is 6.54 Å². The number of benzene rings is 1. The van der Waals surface area contributed by atoms with Crippen molar-refractivity contribution in [2.45, 2.75) is 6.42 Å². The summed E-state index contributed by atoms with van der Waals surface area (Å²) < 4.78 is 10.2. The van der Waals surface area contributed by atoms with E-state index in [4.69, 9.17) is 9.47 Å². The van der Waals surface area contributed by atoms with Gasteiger partial charge in [-0.25, -0.2) is 0 Å². The largest absolute Gasteiger partial charge is 0.484 e. The third-order valence-electron chi connectivity index (χ3n) is 2.76. The number of methoxy groups -OCH3 is 1. The average Bonchev–Trinajstić information content (AvgIpc) is 2.50. The van der Waals surface area contributed by atoms with Crippen LogP contribution in [0.2, 0.25) is 0 Å². The summed E-state index contributed by atoms with van der Waals surface area (Å²) in [7, 11) is 3.19. The number of hydrogen-bond donors (Lipinski definition) is 1. The highest BCUT2D eigenvalue weighted by molar-refractivity contribution is 5.85. The fourth-order valence-corrected chi connectivity index (χ4v) is 1.58. The first-order chi connectivity index (χ1) is 10.1. The second kappa shape index (κ2) is 9.77.